The second-order valence-electron chi connectivity index (χ2n) is 3.62. The standard InChI is InChI=1S/C7H6F2.C7H7F/c1-5-3-2-4-6(8)7(5)9;1-6-4-2-3-5-7(6)8/h2-4H,1H3;2-5H,1H3. The number of hydrogen-bond donors (Lipinski definition) is 0. The maximum absolute atomic E-state index is 12.4. The van der Waals surface area contributed by atoms with Crippen LogP contribution in [0.5, 0.6) is 0 Å². The highest BCUT2D eigenvalue weighted by molar-refractivity contribution is 5.16. The monoisotopic (exact) mass is 238 g/mol. The fraction of sp³-hybridized carbons (Fsp3) is 0.143. The molecule has 0 N–H and O–H groups in total. The lowest BCUT2D eigenvalue weighted by atomic mass is 10.2. The van der Waals surface area contributed by atoms with Gasteiger partial charge in [-0.1, -0.05) is 30.3 Å². The summed E-state index contributed by atoms with van der Waals surface area (Å²) in [6, 6.07) is 10.8. The van der Waals surface area contributed by atoms with Gasteiger partial charge in [0.1, 0.15) is 5.82 Å². The first-order valence-corrected chi connectivity index (χ1v) is 5.14. The van der Waals surface area contributed by atoms with Gasteiger partial charge in [-0.05, 0) is 37.1 Å². The Kier molecular flexibility index (Phi) is 4.76. The summed E-state index contributed by atoms with van der Waals surface area (Å²) in [7, 11) is 0. The molecular formula is C14H13F3. The van der Waals surface area contributed by atoms with Gasteiger partial charge in [-0.2, -0.15) is 0 Å². The van der Waals surface area contributed by atoms with Crippen LogP contribution < -0.4 is 0 Å². The smallest absolute Gasteiger partial charge is 0.161 e. The first kappa shape index (κ1) is 13.3. The van der Waals surface area contributed by atoms with Crippen LogP contribution in [0.15, 0.2) is 42.5 Å². The SMILES string of the molecule is Cc1cccc(F)c1F.Cc1ccccc1F. The van der Waals surface area contributed by atoms with Gasteiger partial charge in [0.05, 0.1) is 0 Å². The third kappa shape index (κ3) is 3.94. The van der Waals surface area contributed by atoms with Crippen molar-refractivity contribution >= 4 is 0 Å². The molecule has 0 fully saturated rings. The van der Waals surface area contributed by atoms with Crippen molar-refractivity contribution in [2.75, 3.05) is 0 Å². The topological polar surface area (TPSA) is 0 Å². The molecule has 17 heavy (non-hydrogen) atoms. The molecule has 2 rings (SSSR count). The minimum absolute atomic E-state index is 0.132. The number of halogens is 3. The molecule has 0 spiro atoms. The van der Waals surface area contributed by atoms with E-state index >= 15 is 0 Å². The van der Waals surface area contributed by atoms with Gasteiger partial charge in [-0.15, -0.1) is 0 Å². The van der Waals surface area contributed by atoms with Gasteiger partial charge < -0.3 is 0 Å². The van der Waals surface area contributed by atoms with E-state index in [2.05, 4.69) is 0 Å². The molecule has 0 aliphatic rings. The van der Waals surface area contributed by atoms with Crippen LogP contribution in [0, 0.1) is 31.3 Å². The average molecular weight is 238 g/mol. The molecule has 0 aliphatic carbocycles. The van der Waals surface area contributed by atoms with Gasteiger partial charge in [-0.25, -0.2) is 13.2 Å². The normalized spacial score (nSPS) is 9.47. The van der Waals surface area contributed by atoms with E-state index < -0.39 is 11.6 Å². The molecule has 0 saturated carbocycles. The average Bonchev–Trinajstić information content (AvgIpc) is 2.31. The molecule has 2 aromatic carbocycles. The fourth-order valence-corrected chi connectivity index (χ4v) is 1.16. The quantitative estimate of drug-likeness (QED) is 0.637. The molecule has 90 valence electrons. The van der Waals surface area contributed by atoms with Crippen molar-refractivity contribution in [2.45, 2.75) is 13.8 Å². The molecule has 0 amide bonds. The third-order valence-electron chi connectivity index (χ3n) is 2.22. The number of rotatable bonds is 0. The third-order valence-corrected chi connectivity index (χ3v) is 2.22. The van der Waals surface area contributed by atoms with E-state index in [9.17, 15) is 13.2 Å². The summed E-state index contributed by atoms with van der Waals surface area (Å²) >= 11 is 0. The zero-order valence-corrected chi connectivity index (χ0v) is 9.68. The van der Waals surface area contributed by atoms with Crippen LogP contribution in [0.4, 0.5) is 13.2 Å². The summed E-state index contributed by atoms with van der Waals surface area (Å²) in [5, 5.41) is 0. The van der Waals surface area contributed by atoms with Crippen LogP contribution >= 0.6 is 0 Å². The van der Waals surface area contributed by atoms with Gasteiger partial charge in [0.25, 0.3) is 0 Å². The van der Waals surface area contributed by atoms with Crippen molar-refractivity contribution in [2.24, 2.45) is 0 Å². The Morgan fingerprint density at radius 3 is 1.59 bits per heavy atom. The zero-order valence-electron chi connectivity index (χ0n) is 9.68. The molecule has 0 bridgehead atoms. The predicted octanol–water partition coefficient (Wildman–Crippen LogP) is 4.41. The van der Waals surface area contributed by atoms with Crippen molar-refractivity contribution in [3.8, 4) is 0 Å². The Hall–Kier alpha value is -1.77. The highest BCUT2D eigenvalue weighted by atomic mass is 19.2. The first-order valence-electron chi connectivity index (χ1n) is 5.14. The molecule has 3 heteroatoms. The lowest BCUT2D eigenvalue weighted by Crippen LogP contribution is -1.85. The van der Waals surface area contributed by atoms with Gasteiger partial charge in [0, 0.05) is 0 Å². The Morgan fingerprint density at radius 2 is 1.18 bits per heavy atom. The molecule has 0 aromatic heterocycles. The number of aryl methyl sites for hydroxylation is 2. The second kappa shape index (κ2) is 6.09. The van der Waals surface area contributed by atoms with Crippen LogP contribution in [0.3, 0.4) is 0 Å². The molecule has 0 heterocycles. The molecule has 0 nitrogen and oxygen atoms in total. The first-order chi connectivity index (χ1) is 8.02. The van der Waals surface area contributed by atoms with Gasteiger partial charge in [0.2, 0.25) is 0 Å². The minimum atomic E-state index is -0.782. The zero-order chi connectivity index (χ0) is 12.8. The van der Waals surface area contributed by atoms with Crippen LogP contribution in [0.25, 0.3) is 0 Å². The van der Waals surface area contributed by atoms with E-state index in [-0.39, 0.29) is 5.82 Å². The number of hydrogen-bond acceptors (Lipinski definition) is 0. The largest absolute Gasteiger partial charge is 0.207 e. The van der Waals surface area contributed by atoms with E-state index in [0.717, 1.165) is 6.07 Å². The van der Waals surface area contributed by atoms with Crippen LogP contribution in [-0.4, -0.2) is 0 Å². The Bertz CT molecular complexity index is 451. The van der Waals surface area contributed by atoms with Gasteiger partial charge in [0.15, 0.2) is 11.6 Å². The summed E-state index contributed by atoms with van der Waals surface area (Å²) < 4.78 is 36.9. The molecule has 0 unspecified atom stereocenters. The summed E-state index contributed by atoms with van der Waals surface area (Å²) in [5.41, 5.74) is 1.04. The summed E-state index contributed by atoms with van der Waals surface area (Å²) in [5.74, 6) is -1.67. The van der Waals surface area contributed by atoms with E-state index in [1.54, 1.807) is 19.1 Å². The van der Waals surface area contributed by atoms with E-state index in [0.29, 0.717) is 11.1 Å². The van der Waals surface area contributed by atoms with E-state index in [1.807, 2.05) is 6.07 Å². The molecule has 2 aromatic rings. The maximum Gasteiger partial charge on any atom is 0.161 e. The van der Waals surface area contributed by atoms with E-state index in [4.69, 9.17) is 0 Å². The molecule has 0 aliphatic heterocycles. The number of benzene rings is 2. The van der Waals surface area contributed by atoms with Crippen molar-refractivity contribution < 1.29 is 13.2 Å². The van der Waals surface area contributed by atoms with Crippen LogP contribution in [-0.2, 0) is 0 Å². The molecule has 0 saturated heterocycles. The van der Waals surface area contributed by atoms with Gasteiger partial charge >= 0.3 is 0 Å². The summed E-state index contributed by atoms with van der Waals surface area (Å²) in [6.45, 7) is 3.27. The van der Waals surface area contributed by atoms with Crippen molar-refractivity contribution in [1.82, 2.24) is 0 Å². The highest BCUT2D eigenvalue weighted by Crippen LogP contribution is 2.08. The lowest BCUT2D eigenvalue weighted by molar-refractivity contribution is 0.503. The second-order valence-corrected chi connectivity index (χ2v) is 3.62. The van der Waals surface area contributed by atoms with E-state index in [1.165, 1.54) is 25.1 Å². The maximum atomic E-state index is 12.4. The Labute approximate surface area is 98.7 Å². The van der Waals surface area contributed by atoms with Crippen LogP contribution in [0.2, 0.25) is 0 Å². The minimum Gasteiger partial charge on any atom is -0.207 e. The lowest BCUT2D eigenvalue weighted by Gasteiger charge is -1.93. The summed E-state index contributed by atoms with van der Waals surface area (Å²) in [4.78, 5) is 0. The van der Waals surface area contributed by atoms with Crippen molar-refractivity contribution in [3.63, 3.8) is 0 Å². The fourth-order valence-electron chi connectivity index (χ4n) is 1.16. The molecular weight excluding hydrogens is 225 g/mol. The Morgan fingerprint density at radius 1 is 0.647 bits per heavy atom. The van der Waals surface area contributed by atoms with Crippen LogP contribution in [0.1, 0.15) is 11.1 Å². The highest BCUT2D eigenvalue weighted by Gasteiger charge is 2.00. The van der Waals surface area contributed by atoms with Gasteiger partial charge in [-0.3, -0.25) is 0 Å². The van der Waals surface area contributed by atoms with Crippen molar-refractivity contribution in [3.05, 3.63) is 71.0 Å². The summed E-state index contributed by atoms with van der Waals surface area (Å²) in [6.07, 6.45) is 0. The Balaban J connectivity index is 0.000000171. The molecule has 0 atom stereocenters. The van der Waals surface area contributed by atoms with Crippen molar-refractivity contribution in [1.29, 1.82) is 0 Å². The molecule has 0 radical (unpaired) electrons. The predicted molar refractivity (Wildman–Crippen MR) is 62.2 cm³/mol.